The normalized spacial score (nSPS) is 17.2. The lowest BCUT2D eigenvalue weighted by molar-refractivity contribution is -0.123. The smallest absolute Gasteiger partial charge is 0.293 e. The first-order chi connectivity index (χ1) is 9.85. The third-order valence-corrected chi connectivity index (χ3v) is 4.26. The van der Waals surface area contributed by atoms with Gasteiger partial charge in [-0.3, -0.25) is 14.5 Å². The first kappa shape index (κ1) is 15.9. The number of hydrogen-bond acceptors (Lipinski definition) is 5. The van der Waals surface area contributed by atoms with Gasteiger partial charge in [-0.1, -0.05) is 15.9 Å². The number of benzene rings is 1. The van der Waals surface area contributed by atoms with E-state index in [1.54, 1.807) is 26.0 Å². The quantitative estimate of drug-likeness (QED) is 0.822. The van der Waals surface area contributed by atoms with Crippen LogP contribution in [0.25, 0.3) is 6.08 Å². The fraction of sp³-hybridized carbons (Fsp3) is 0.286. The number of aromatic hydroxyl groups is 1. The van der Waals surface area contributed by atoms with E-state index in [-0.39, 0.29) is 27.8 Å². The molecule has 1 N–H and O–H groups in total. The first-order valence-corrected chi connectivity index (χ1v) is 7.79. The molecule has 1 aliphatic rings. The van der Waals surface area contributed by atoms with Gasteiger partial charge in [-0.15, -0.1) is 0 Å². The number of halogens is 1. The minimum absolute atomic E-state index is 0.0722. The van der Waals surface area contributed by atoms with E-state index in [2.05, 4.69) is 15.9 Å². The molecule has 0 aliphatic carbocycles. The van der Waals surface area contributed by atoms with Gasteiger partial charge >= 0.3 is 0 Å². The predicted octanol–water partition coefficient (Wildman–Crippen LogP) is 3.61. The highest BCUT2D eigenvalue weighted by molar-refractivity contribution is 9.10. The van der Waals surface area contributed by atoms with Crippen LogP contribution in [0.3, 0.4) is 0 Å². The third kappa shape index (κ3) is 3.08. The van der Waals surface area contributed by atoms with Gasteiger partial charge in [0, 0.05) is 16.1 Å². The van der Waals surface area contributed by atoms with Gasteiger partial charge < -0.3 is 9.84 Å². The van der Waals surface area contributed by atoms with Gasteiger partial charge in [0.2, 0.25) is 0 Å². The molecule has 0 bridgehead atoms. The summed E-state index contributed by atoms with van der Waals surface area (Å²) < 4.78 is 5.76. The number of carbonyl (C=O) groups excluding carboxylic acids is 2. The van der Waals surface area contributed by atoms with E-state index in [4.69, 9.17) is 4.74 Å². The van der Waals surface area contributed by atoms with Crippen LogP contribution in [0.2, 0.25) is 0 Å². The van der Waals surface area contributed by atoms with Gasteiger partial charge in [0.05, 0.1) is 12.0 Å². The van der Waals surface area contributed by atoms with Crippen LogP contribution in [0.1, 0.15) is 19.4 Å². The summed E-state index contributed by atoms with van der Waals surface area (Å²) in [5.74, 6) is -0.130. The fourth-order valence-corrected chi connectivity index (χ4v) is 3.33. The summed E-state index contributed by atoms with van der Waals surface area (Å²) in [7, 11) is 1.44. The van der Waals surface area contributed by atoms with Crippen molar-refractivity contribution in [3.05, 3.63) is 27.1 Å². The topological polar surface area (TPSA) is 66.8 Å². The Morgan fingerprint density at radius 1 is 1.38 bits per heavy atom. The van der Waals surface area contributed by atoms with Crippen molar-refractivity contribution < 1.29 is 19.4 Å². The van der Waals surface area contributed by atoms with Crippen molar-refractivity contribution in [2.24, 2.45) is 0 Å². The van der Waals surface area contributed by atoms with Crippen LogP contribution < -0.4 is 4.74 Å². The van der Waals surface area contributed by atoms with Crippen molar-refractivity contribution >= 4 is 44.9 Å². The summed E-state index contributed by atoms with van der Waals surface area (Å²) in [6, 6.07) is 3.07. The van der Waals surface area contributed by atoms with Gasteiger partial charge in [0.25, 0.3) is 11.1 Å². The lowest BCUT2D eigenvalue weighted by Crippen LogP contribution is -2.34. The SMILES string of the molecule is COc1cc(Br)cc(/C=C2\SC(=O)N(C(C)C)C2=O)c1O. The number of hydrogen-bond donors (Lipinski definition) is 1. The number of rotatable bonds is 3. The molecule has 1 fully saturated rings. The van der Waals surface area contributed by atoms with E-state index < -0.39 is 0 Å². The molecule has 2 rings (SSSR count). The molecule has 7 heteroatoms. The van der Waals surface area contributed by atoms with Gasteiger partial charge in [0.15, 0.2) is 11.5 Å². The molecule has 0 saturated carbocycles. The van der Waals surface area contributed by atoms with Crippen LogP contribution in [0.15, 0.2) is 21.5 Å². The molecule has 1 heterocycles. The molecule has 0 aromatic heterocycles. The molecule has 0 atom stereocenters. The van der Waals surface area contributed by atoms with Gasteiger partial charge in [-0.25, -0.2) is 0 Å². The molecular weight excluding hydrogens is 358 g/mol. The van der Waals surface area contributed by atoms with E-state index in [0.29, 0.717) is 15.8 Å². The summed E-state index contributed by atoms with van der Waals surface area (Å²) in [6.07, 6.45) is 1.50. The fourth-order valence-electron chi connectivity index (χ4n) is 1.93. The third-order valence-electron chi connectivity index (χ3n) is 2.92. The van der Waals surface area contributed by atoms with Crippen LogP contribution in [0, 0.1) is 0 Å². The summed E-state index contributed by atoms with van der Waals surface area (Å²) >= 11 is 4.17. The molecule has 1 aliphatic heterocycles. The second-order valence-corrected chi connectivity index (χ2v) is 6.60. The second-order valence-electron chi connectivity index (χ2n) is 4.69. The highest BCUT2D eigenvalue weighted by atomic mass is 79.9. The standard InChI is InChI=1S/C14H14BrNO4S/c1-7(2)16-13(18)11(21-14(16)19)5-8-4-9(15)6-10(20-3)12(8)17/h4-7,17H,1-3H3/b11-5-. The summed E-state index contributed by atoms with van der Waals surface area (Å²) in [5.41, 5.74) is 0.412. The van der Waals surface area contributed by atoms with Gasteiger partial charge in [-0.2, -0.15) is 0 Å². The summed E-state index contributed by atoms with van der Waals surface area (Å²) in [4.78, 5) is 25.5. The van der Waals surface area contributed by atoms with Gasteiger partial charge in [-0.05, 0) is 43.8 Å². The van der Waals surface area contributed by atoms with E-state index in [1.165, 1.54) is 18.1 Å². The molecule has 5 nitrogen and oxygen atoms in total. The zero-order chi connectivity index (χ0) is 15.7. The molecular formula is C14H14BrNO4S. The molecule has 1 aromatic rings. The highest BCUT2D eigenvalue weighted by Gasteiger charge is 2.36. The summed E-state index contributed by atoms with van der Waals surface area (Å²) in [5, 5.41) is 9.79. The molecule has 112 valence electrons. The van der Waals surface area contributed by atoms with E-state index >= 15 is 0 Å². The number of carbonyl (C=O) groups is 2. The minimum atomic E-state index is -0.349. The number of ether oxygens (including phenoxy) is 1. The number of nitrogens with zero attached hydrogens (tertiary/aromatic N) is 1. The van der Waals surface area contributed by atoms with Crippen molar-refractivity contribution in [3.63, 3.8) is 0 Å². The molecule has 0 unspecified atom stereocenters. The van der Waals surface area contributed by atoms with Crippen molar-refractivity contribution in [1.29, 1.82) is 0 Å². The number of methoxy groups -OCH3 is 1. The zero-order valence-electron chi connectivity index (χ0n) is 11.7. The maximum Gasteiger partial charge on any atom is 0.293 e. The number of thioether (sulfide) groups is 1. The molecule has 21 heavy (non-hydrogen) atoms. The van der Waals surface area contributed by atoms with Crippen LogP contribution in [-0.2, 0) is 4.79 Å². The second kappa shape index (κ2) is 6.11. The maximum atomic E-state index is 12.2. The lowest BCUT2D eigenvalue weighted by Gasteiger charge is -2.16. The number of imide groups is 1. The molecule has 1 saturated heterocycles. The highest BCUT2D eigenvalue weighted by Crippen LogP contribution is 2.38. The van der Waals surface area contributed by atoms with Crippen molar-refractivity contribution in [3.8, 4) is 11.5 Å². The average Bonchev–Trinajstić information content (AvgIpc) is 2.68. The Balaban J connectivity index is 2.44. The Kier molecular flexibility index (Phi) is 4.63. The minimum Gasteiger partial charge on any atom is -0.504 e. The Labute approximate surface area is 135 Å². The van der Waals surface area contributed by atoms with Crippen LogP contribution >= 0.6 is 27.7 Å². The molecule has 2 amide bonds. The van der Waals surface area contributed by atoms with Crippen LogP contribution in [0.5, 0.6) is 11.5 Å². The Hall–Kier alpha value is -1.47. The first-order valence-electron chi connectivity index (χ1n) is 6.18. The average molecular weight is 372 g/mol. The van der Waals surface area contributed by atoms with E-state index in [1.807, 2.05) is 0 Å². The van der Waals surface area contributed by atoms with Crippen LogP contribution in [0.4, 0.5) is 4.79 Å². The zero-order valence-corrected chi connectivity index (χ0v) is 14.1. The lowest BCUT2D eigenvalue weighted by atomic mass is 10.1. The molecule has 1 aromatic carbocycles. The number of amides is 2. The van der Waals surface area contributed by atoms with Crippen molar-refractivity contribution in [1.82, 2.24) is 4.90 Å². The van der Waals surface area contributed by atoms with E-state index in [0.717, 1.165) is 11.8 Å². The van der Waals surface area contributed by atoms with Crippen molar-refractivity contribution in [2.45, 2.75) is 19.9 Å². The number of phenolic OH excluding ortho intramolecular Hbond substituents is 1. The van der Waals surface area contributed by atoms with E-state index in [9.17, 15) is 14.7 Å². The predicted molar refractivity (Wildman–Crippen MR) is 85.3 cm³/mol. The Bertz CT molecular complexity index is 642. The maximum absolute atomic E-state index is 12.2. The van der Waals surface area contributed by atoms with Crippen LogP contribution in [-0.4, -0.2) is 34.3 Å². The largest absolute Gasteiger partial charge is 0.504 e. The Morgan fingerprint density at radius 2 is 2.05 bits per heavy atom. The number of phenols is 1. The molecule has 0 radical (unpaired) electrons. The summed E-state index contributed by atoms with van der Waals surface area (Å²) in [6.45, 7) is 3.55. The molecule has 0 spiro atoms. The van der Waals surface area contributed by atoms with Crippen molar-refractivity contribution in [2.75, 3.05) is 7.11 Å². The monoisotopic (exact) mass is 371 g/mol. The Morgan fingerprint density at radius 3 is 2.57 bits per heavy atom. The van der Waals surface area contributed by atoms with Gasteiger partial charge in [0.1, 0.15) is 0 Å².